The van der Waals surface area contributed by atoms with Gasteiger partial charge >= 0.3 is 5.92 Å². The molecule has 190 valence electrons. The molecule has 5 nitrogen and oxygen atoms in total. The number of fused-ring (bicyclic) bond motifs is 1. The molecule has 0 saturated carbocycles. The molecular formula is C28H30F3N3O2. The first-order valence-electron chi connectivity index (χ1n) is 11.2. The van der Waals surface area contributed by atoms with Crippen LogP contribution in [-0.2, 0) is 4.79 Å². The van der Waals surface area contributed by atoms with E-state index >= 15 is 0 Å². The van der Waals surface area contributed by atoms with Crippen molar-refractivity contribution in [3.8, 4) is 11.4 Å². The highest BCUT2D eigenvalue weighted by Crippen LogP contribution is 2.31. The summed E-state index contributed by atoms with van der Waals surface area (Å²) in [4.78, 5) is 12.0. The van der Waals surface area contributed by atoms with Crippen molar-refractivity contribution < 1.29 is 22.7 Å². The van der Waals surface area contributed by atoms with Crippen molar-refractivity contribution in [1.29, 1.82) is 0 Å². The minimum absolute atomic E-state index is 0. The topological polar surface area (TPSA) is 56.1 Å². The van der Waals surface area contributed by atoms with Crippen LogP contribution in [0.2, 0.25) is 0 Å². The largest absolute Gasteiger partial charge is 0.484 e. The van der Waals surface area contributed by atoms with E-state index in [1.54, 1.807) is 42.1 Å². The number of amides is 1. The Labute approximate surface area is 208 Å². The molecule has 4 aromatic rings. The summed E-state index contributed by atoms with van der Waals surface area (Å²) >= 11 is 0. The van der Waals surface area contributed by atoms with E-state index in [1.807, 2.05) is 38.1 Å². The number of hydrogen-bond acceptors (Lipinski definition) is 3. The Hall–Kier alpha value is -3.81. The Morgan fingerprint density at radius 2 is 1.75 bits per heavy atom. The average molecular weight is 498 g/mol. The number of aromatic nitrogens is 2. The van der Waals surface area contributed by atoms with E-state index in [1.165, 1.54) is 12.1 Å². The smallest absolute Gasteiger partial charge is 0.321 e. The molecule has 2 atom stereocenters. The van der Waals surface area contributed by atoms with Crippen molar-refractivity contribution in [2.24, 2.45) is 0 Å². The highest BCUT2D eigenvalue weighted by molar-refractivity contribution is 5.83. The molecule has 8 heteroatoms. The zero-order valence-electron chi connectivity index (χ0n) is 19.9. The van der Waals surface area contributed by atoms with Gasteiger partial charge in [0.2, 0.25) is 0 Å². The van der Waals surface area contributed by atoms with Gasteiger partial charge in [-0.2, -0.15) is 13.9 Å². The number of hydrogen-bond donors (Lipinski definition) is 1. The SMILES string of the molecule is C.Cc1ccc(C)c([C@@H](Oc2ccc3c(cnn3-c3ccc(F)cc3)c2)[C@H](C)NC(=O)C(C)(F)F)c1. The molecule has 0 bridgehead atoms. The number of nitrogens with one attached hydrogen (secondary N) is 1. The van der Waals surface area contributed by atoms with Crippen LogP contribution in [0.1, 0.15) is 44.1 Å². The second-order valence-corrected chi connectivity index (χ2v) is 8.80. The Kier molecular flexibility index (Phi) is 7.77. The Morgan fingerprint density at radius 1 is 1.06 bits per heavy atom. The van der Waals surface area contributed by atoms with Gasteiger partial charge in [-0.05, 0) is 74.4 Å². The minimum atomic E-state index is -3.51. The molecule has 0 unspecified atom stereocenters. The summed E-state index contributed by atoms with van der Waals surface area (Å²) in [6.45, 7) is 6.04. The first-order valence-corrected chi connectivity index (χ1v) is 11.2. The quantitative estimate of drug-likeness (QED) is 0.309. The fourth-order valence-electron chi connectivity index (χ4n) is 3.93. The molecule has 1 aromatic heterocycles. The summed E-state index contributed by atoms with van der Waals surface area (Å²) in [5.41, 5.74) is 4.18. The second kappa shape index (κ2) is 10.4. The molecule has 1 heterocycles. The van der Waals surface area contributed by atoms with Gasteiger partial charge < -0.3 is 10.1 Å². The van der Waals surface area contributed by atoms with Crippen LogP contribution in [0.25, 0.3) is 16.6 Å². The molecule has 0 radical (unpaired) electrons. The number of benzene rings is 3. The van der Waals surface area contributed by atoms with Crippen LogP contribution < -0.4 is 10.1 Å². The first kappa shape index (κ1) is 26.8. The van der Waals surface area contributed by atoms with Crippen molar-refractivity contribution in [3.05, 3.63) is 89.4 Å². The Bertz CT molecular complexity index is 1360. The van der Waals surface area contributed by atoms with Crippen LogP contribution in [0, 0.1) is 19.7 Å². The zero-order valence-corrected chi connectivity index (χ0v) is 19.9. The molecule has 3 aromatic carbocycles. The first-order chi connectivity index (χ1) is 16.5. The number of nitrogens with zero attached hydrogens (tertiary/aromatic N) is 2. The van der Waals surface area contributed by atoms with Gasteiger partial charge in [-0.1, -0.05) is 31.2 Å². The lowest BCUT2D eigenvalue weighted by atomic mass is 9.96. The third-order valence-corrected chi connectivity index (χ3v) is 5.83. The predicted molar refractivity (Wildman–Crippen MR) is 135 cm³/mol. The van der Waals surface area contributed by atoms with Crippen LogP contribution >= 0.6 is 0 Å². The number of alkyl halides is 2. The highest BCUT2D eigenvalue weighted by atomic mass is 19.3. The van der Waals surface area contributed by atoms with Gasteiger partial charge in [0.25, 0.3) is 5.91 Å². The fraction of sp³-hybridized carbons (Fsp3) is 0.286. The maximum absolute atomic E-state index is 13.6. The number of carbonyl (C=O) groups excluding carboxylic acids is 1. The molecule has 0 saturated heterocycles. The molecule has 0 aliphatic carbocycles. The predicted octanol–water partition coefficient (Wildman–Crippen LogP) is 6.70. The number of rotatable bonds is 7. The molecular weight excluding hydrogens is 467 g/mol. The standard InChI is InChI=1S/C27H26F3N3O2.CH4/c1-16-5-6-17(2)23(13-16)25(18(3)32-26(34)27(4,29)30)35-22-11-12-24-19(14-22)15-31-33(24)21-9-7-20(28)8-10-21;/h5-15,18,25H,1-4H3,(H,32,34);1H4/t18-,25-;/m0./s1. The summed E-state index contributed by atoms with van der Waals surface area (Å²) in [5.74, 6) is -4.71. The zero-order chi connectivity index (χ0) is 25.3. The molecule has 1 N–H and O–H groups in total. The highest BCUT2D eigenvalue weighted by Gasteiger charge is 2.35. The van der Waals surface area contributed by atoms with E-state index < -0.39 is 24.0 Å². The van der Waals surface area contributed by atoms with E-state index in [-0.39, 0.29) is 13.2 Å². The lowest BCUT2D eigenvalue weighted by molar-refractivity contribution is -0.144. The van der Waals surface area contributed by atoms with E-state index in [4.69, 9.17) is 4.74 Å². The number of aryl methyl sites for hydroxylation is 2. The normalized spacial score (nSPS) is 13.1. The van der Waals surface area contributed by atoms with Gasteiger partial charge in [-0.3, -0.25) is 4.79 Å². The number of ether oxygens (including phenoxy) is 1. The maximum atomic E-state index is 13.6. The van der Waals surface area contributed by atoms with Gasteiger partial charge in [-0.25, -0.2) is 9.07 Å². The average Bonchev–Trinajstić information content (AvgIpc) is 3.22. The Balaban J connectivity index is 0.00000361. The van der Waals surface area contributed by atoms with Crippen LogP contribution in [0.5, 0.6) is 5.75 Å². The fourth-order valence-corrected chi connectivity index (χ4v) is 3.93. The summed E-state index contributed by atoms with van der Waals surface area (Å²) in [6.07, 6.45) is 0.951. The van der Waals surface area contributed by atoms with Crippen molar-refractivity contribution in [3.63, 3.8) is 0 Å². The van der Waals surface area contributed by atoms with Crippen LogP contribution in [0.3, 0.4) is 0 Å². The van der Waals surface area contributed by atoms with Gasteiger partial charge in [0, 0.05) is 12.3 Å². The Morgan fingerprint density at radius 3 is 2.42 bits per heavy atom. The molecule has 36 heavy (non-hydrogen) atoms. The van der Waals surface area contributed by atoms with E-state index in [2.05, 4.69) is 10.4 Å². The monoisotopic (exact) mass is 497 g/mol. The van der Waals surface area contributed by atoms with Gasteiger partial charge in [-0.15, -0.1) is 0 Å². The summed E-state index contributed by atoms with van der Waals surface area (Å²) in [6, 6.07) is 16.4. The minimum Gasteiger partial charge on any atom is -0.484 e. The lowest BCUT2D eigenvalue weighted by Crippen LogP contribution is -2.46. The van der Waals surface area contributed by atoms with E-state index in [9.17, 15) is 18.0 Å². The van der Waals surface area contributed by atoms with Gasteiger partial charge in [0.1, 0.15) is 17.7 Å². The molecule has 0 spiro atoms. The third kappa shape index (κ3) is 5.70. The maximum Gasteiger partial charge on any atom is 0.321 e. The summed E-state index contributed by atoms with van der Waals surface area (Å²) < 4.78 is 48.4. The third-order valence-electron chi connectivity index (χ3n) is 5.83. The van der Waals surface area contributed by atoms with E-state index in [0.717, 1.165) is 27.6 Å². The van der Waals surface area contributed by atoms with Crippen LogP contribution in [0.4, 0.5) is 13.2 Å². The van der Waals surface area contributed by atoms with Crippen LogP contribution in [0.15, 0.2) is 66.9 Å². The van der Waals surface area contributed by atoms with Crippen molar-refractivity contribution in [1.82, 2.24) is 15.1 Å². The van der Waals surface area contributed by atoms with E-state index in [0.29, 0.717) is 18.4 Å². The van der Waals surface area contributed by atoms with Gasteiger partial charge in [0.15, 0.2) is 0 Å². The summed E-state index contributed by atoms with van der Waals surface area (Å²) in [7, 11) is 0. The van der Waals surface area contributed by atoms with Crippen molar-refractivity contribution >= 4 is 16.8 Å². The van der Waals surface area contributed by atoms with Crippen LogP contribution in [-0.4, -0.2) is 27.7 Å². The number of carbonyl (C=O) groups is 1. The lowest BCUT2D eigenvalue weighted by Gasteiger charge is -2.29. The van der Waals surface area contributed by atoms with Crippen molar-refractivity contribution in [2.45, 2.75) is 53.2 Å². The molecule has 0 aliphatic rings. The second-order valence-electron chi connectivity index (χ2n) is 8.80. The summed E-state index contributed by atoms with van der Waals surface area (Å²) in [5, 5.41) is 7.57. The molecule has 1 amide bonds. The molecule has 4 rings (SSSR count). The van der Waals surface area contributed by atoms with Crippen molar-refractivity contribution in [2.75, 3.05) is 0 Å². The molecule has 0 aliphatic heterocycles. The molecule has 0 fully saturated rings. The number of halogens is 3. The van der Waals surface area contributed by atoms with Gasteiger partial charge in [0.05, 0.1) is 23.4 Å².